The van der Waals surface area contributed by atoms with Crippen molar-refractivity contribution in [3.8, 4) is 0 Å². The van der Waals surface area contributed by atoms with Crippen LogP contribution in [0.1, 0.15) is 94.3 Å². The number of nitrogens with one attached hydrogen (secondary N) is 2. The molecule has 168 valence electrons. The van der Waals surface area contributed by atoms with E-state index in [-0.39, 0.29) is 0 Å². The van der Waals surface area contributed by atoms with Gasteiger partial charge >= 0.3 is 0 Å². The molecular weight excluding hydrogens is 382 g/mol. The zero-order valence-corrected chi connectivity index (χ0v) is 19.6. The van der Waals surface area contributed by atoms with Gasteiger partial charge in [-0.25, -0.2) is 4.99 Å². The van der Waals surface area contributed by atoms with Crippen LogP contribution in [0, 0.1) is 6.92 Å². The van der Waals surface area contributed by atoms with Crippen molar-refractivity contribution in [3.63, 3.8) is 0 Å². The molecule has 31 heavy (non-hydrogen) atoms. The van der Waals surface area contributed by atoms with Gasteiger partial charge in [-0.2, -0.15) is 0 Å². The highest BCUT2D eigenvalue weighted by Gasteiger charge is 2.18. The Labute approximate surface area is 187 Å². The van der Waals surface area contributed by atoms with Gasteiger partial charge in [0, 0.05) is 23.7 Å². The lowest BCUT2D eigenvalue weighted by atomic mass is 10.0. The van der Waals surface area contributed by atoms with Gasteiger partial charge in [0.1, 0.15) is 11.5 Å². The van der Waals surface area contributed by atoms with Gasteiger partial charge in [0.25, 0.3) is 0 Å². The van der Waals surface area contributed by atoms with Crippen molar-refractivity contribution in [3.05, 3.63) is 64.6 Å². The fourth-order valence-corrected chi connectivity index (χ4v) is 4.16. The standard InChI is InChI=1S/C27H39N3O/c1-4-6-7-8-9-10-11-12-13-15-22-18-23(29-21(22)3)19-26-27(31-5-2)20-25(30-26)24-16-14-17-28-24/h14,16-20,28-29H,4-13,15H2,1-3H3. The SMILES string of the molecule is CCCCCCCCCCCc1cc(C=C2N=C(c3ccc[nH]3)C=C2OCC)[nH]c1C. The van der Waals surface area contributed by atoms with Crippen molar-refractivity contribution in [1.29, 1.82) is 0 Å². The van der Waals surface area contributed by atoms with E-state index >= 15 is 0 Å². The molecule has 1 aliphatic heterocycles. The molecular formula is C27H39N3O. The van der Waals surface area contributed by atoms with Crippen molar-refractivity contribution < 1.29 is 4.74 Å². The quantitative estimate of drug-likeness (QED) is 0.305. The summed E-state index contributed by atoms with van der Waals surface area (Å²) in [4.78, 5) is 11.5. The van der Waals surface area contributed by atoms with Gasteiger partial charge in [-0.1, -0.05) is 58.3 Å². The van der Waals surface area contributed by atoms with Crippen LogP contribution in [0.5, 0.6) is 0 Å². The Balaban J connectivity index is 1.53. The van der Waals surface area contributed by atoms with Crippen LogP contribution in [-0.2, 0) is 11.2 Å². The second kappa shape index (κ2) is 12.4. The zero-order valence-electron chi connectivity index (χ0n) is 19.6. The van der Waals surface area contributed by atoms with Crippen LogP contribution in [0.2, 0.25) is 0 Å². The minimum atomic E-state index is 0.629. The molecule has 3 rings (SSSR count). The minimum absolute atomic E-state index is 0.629. The van der Waals surface area contributed by atoms with Crippen LogP contribution in [0.4, 0.5) is 0 Å². The number of hydrogen-bond acceptors (Lipinski definition) is 2. The van der Waals surface area contributed by atoms with Gasteiger partial charge in [0.15, 0.2) is 0 Å². The van der Waals surface area contributed by atoms with Crippen molar-refractivity contribution in [2.75, 3.05) is 6.61 Å². The van der Waals surface area contributed by atoms with Crippen LogP contribution in [0.15, 0.2) is 46.9 Å². The number of aliphatic imine (C=N–C) groups is 1. The Kier molecular flexibility index (Phi) is 9.26. The topological polar surface area (TPSA) is 53.2 Å². The third kappa shape index (κ3) is 7.02. The Morgan fingerprint density at radius 1 is 1.00 bits per heavy atom. The van der Waals surface area contributed by atoms with E-state index < -0.39 is 0 Å². The summed E-state index contributed by atoms with van der Waals surface area (Å²) in [6, 6.07) is 6.30. The van der Waals surface area contributed by atoms with Crippen LogP contribution in [0.25, 0.3) is 6.08 Å². The lowest BCUT2D eigenvalue weighted by molar-refractivity contribution is 0.239. The van der Waals surface area contributed by atoms with E-state index in [9.17, 15) is 0 Å². The number of ether oxygens (including phenoxy) is 1. The maximum atomic E-state index is 5.84. The molecule has 0 radical (unpaired) electrons. The molecule has 0 bridgehead atoms. The number of aromatic nitrogens is 2. The molecule has 2 aromatic heterocycles. The lowest BCUT2D eigenvalue weighted by Gasteiger charge is -2.03. The molecule has 0 fully saturated rings. The van der Waals surface area contributed by atoms with E-state index in [1.807, 2.05) is 31.3 Å². The second-order valence-electron chi connectivity index (χ2n) is 8.51. The lowest BCUT2D eigenvalue weighted by Crippen LogP contribution is -1.94. The van der Waals surface area contributed by atoms with Crippen LogP contribution in [-0.4, -0.2) is 22.3 Å². The number of nitrogens with zero attached hydrogens (tertiary/aromatic N) is 1. The number of allylic oxidation sites excluding steroid dienone is 1. The first-order valence-electron chi connectivity index (χ1n) is 12.2. The molecule has 2 aromatic rings. The summed E-state index contributed by atoms with van der Waals surface area (Å²) in [6.07, 6.45) is 19.5. The van der Waals surface area contributed by atoms with E-state index in [1.165, 1.54) is 69.0 Å². The molecule has 0 unspecified atom stereocenters. The molecule has 0 saturated carbocycles. The van der Waals surface area contributed by atoms with E-state index in [0.29, 0.717) is 6.61 Å². The number of rotatable bonds is 14. The van der Waals surface area contributed by atoms with Gasteiger partial charge < -0.3 is 14.7 Å². The molecule has 2 N–H and O–H groups in total. The molecule has 0 spiro atoms. The molecule has 0 saturated heterocycles. The van der Waals surface area contributed by atoms with E-state index in [0.717, 1.165) is 35.0 Å². The summed E-state index contributed by atoms with van der Waals surface area (Å²) in [5, 5.41) is 0. The number of hydrogen-bond donors (Lipinski definition) is 2. The molecule has 0 aromatic carbocycles. The van der Waals surface area contributed by atoms with Crippen molar-refractivity contribution in [2.45, 2.75) is 85.0 Å². The first-order chi connectivity index (χ1) is 15.2. The maximum absolute atomic E-state index is 5.84. The third-order valence-corrected chi connectivity index (χ3v) is 5.92. The first-order valence-corrected chi connectivity index (χ1v) is 12.2. The van der Waals surface area contributed by atoms with E-state index in [1.54, 1.807) is 0 Å². The Bertz CT molecular complexity index is 884. The summed E-state index contributed by atoms with van der Waals surface area (Å²) in [6.45, 7) is 7.09. The van der Waals surface area contributed by atoms with Gasteiger partial charge in [-0.3, -0.25) is 0 Å². The first kappa shape index (κ1) is 23.2. The minimum Gasteiger partial charge on any atom is -0.492 e. The summed E-state index contributed by atoms with van der Waals surface area (Å²) >= 11 is 0. The predicted octanol–water partition coefficient (Wildman–Crippen LogP) is 7.49. The van der Waals surface area contributed by atoms with Gasteiger partial charge in [-0.05, 0) is 56.5 Å². The van der Waals surface area contributed by atoms with Crippen molar-refractivity contribution >= 4 is 11.8 Å². The third-order valence-electron chi connectivity index (χ3n) is 5.92. The highest BCUT2D eigenvalue weighted by molar-refractivity contribution is 6.11. The molecule has 1 aliphatic rings. The normalized spacial score (nSPS) is 14.9. The molecule has 0 aliphatic carbocycles. The average Bonchev–Trinajstić information content (AvgIpc) is 3.49. The summed E-state index contributed by atoms with van der Waals surface area (Å²) in [5.74, 6) is 0.833. The second-order valence-corrected chi connectivity index (χ2v) is 8.51. The van der Waals surface area contributed by atoms with Crippen molar-refractivity contribution in [2.24, 2.45) is 4.99 Å². The molecule has 3 heterocycles. The van der Waals surface area contributed by atoms with E-state index in [2.05, 4.69) is 36.0 Å². The molecule has 4 heteroatoms. The number of aromatic amines is 2. The van der Waals surface area contributed by atoms with Crippen molar-refractivity contribution in [1.82, 2.24) is 9.97 Å². The van der Waals surface area contributed by atoms with E-state index in [4.69, 9.17) is 9.73 Å². The predicted molar refractivity (Wildman–Crippen MR) is 131 cm³/mol. The summed E-state index contributed by atoms with van der Waals surface area (Å²) in [5.41, 5.74) is 6.58. The fraction of sp³-hybridized carbons (Fsp3) is 0.519. The Hall–Kier alpha value is -2.49. The number of unbranched alkanes of at least 4 members (excludes halogenated alkanes) is 8. The number of aryl methyl sites for hydroxylation is 2. The molecule has 0 amide bonds. The number of H-pyrrole nitrogens is 2. The fourth-order valence-electron chi connectivity index (χ4n) is 4.16. The monoisotopic (exact) mass is 421 g/mol. The van der Waals surface area contributed by atoms with Crippen LogP contribution in [0.3, 0.4) is 0 Å². The van der Waals surface area contributed by atoms with Crippen LogP contribution < -0.4 is 0 Å². The highest BCUT2D eigenvalue weighted by Crippen LogP contribution is 2.26. The Morgan fingerprint density at radius 2 is 1.74 bits per heavy atom. The molecule has 4 nitrogen and oxygen atoms in total. The smallest absolute Gasteiger partial charge is 0.147 e. The van der Waals surface area contributed by atoms with Gasteiger partial charge in [0.05, 0.1) is 18.0 Å². The Morgan fingerprint density at radius 3 is 2.42 bits per heavy atom. The largest absolute Gasteiger partial charge is 0.492 e. The zero-order chi connectivity index (χ0) is 21.9. The molecule has 0 atom stereocenters. The average molecular weight is 422 g/mol. The maximum Gasteiger partial charge on any atom is 0.147 e. The summed E-state index contributed by atoms with van der Waals surface area (Å²) < 4.78 is 5.84. The van der Waals surface area contributed by atoms with Gasteiger partial charge in [-0.15, -0.1) is 0 Å². The van der Waals surface area contributed by atoms with Crippen LogP contribution >= 0.6 is 0 Å². The summed E-state index contributed by atoms with van der Waals surface area (Å²) in [7, 11) is 0. The highest BCUT2D eigenvalue weighted by atomic mass is 16.5. The van der Waals surface area contributed by atoms with Gasteiger partial charge in [0.2, 0.25) is 0 Å².